The molecule has 2 unspecified atom stereocenters. The monoisotopic (exact) mass is 834 g/mol. The molecule has 2 aromatic heterocycles. The summed E-state index contributed by atoms with van der Waals surface area (Å²) in [7, 11) is 5.42. The summed E-state index contributed by atoms with van der Waals surface area (Å²) in [4.78, 5) is 70.9. The van der Waals surface area contributed by atoms with Crippen molar-refractivity contribution >= 4 is 35.8 Å². The number of likely N-dealkylation sites (tertiary alicyclic amines) is 2. The van der Waals surface area contributed by atoms with Crippen LogP contribution in [0.3, 0.4) is 0 Å². The molecule has 59 heavy (non-hydrogen) atoms. The van der Waals surface area contributed by atoms with E-state index in [1.54, 1.807) is 53.9 Å². The molecule has 2 aliphatic heterocycles. The van der Waals surface area contributed by atoms with Crippen LogP contribution in [0.4, 0.5) is 14.0 Å². The zero-order chi connectivity index (χ0) is 42.4. The lowest BCUT2D eigenvalue weighted by Crippen LogP contribution is -2.54. The number of aromatic amines is 2. The molecule has 0 bridgehead atoms. The Hall–Kier alpha value is -5.46. The number of imidazole rings is 2. The summed E-state index contributed by atoms with van der Waals surface area (Å²) in [5.41, 5.74) is 3.84. The molecule has 18 heteroatoms. The molecule has 4 N–H and O–H groups in total. The van der Waals surface area contributed by atoms with Gasteiger partial charge in [0, 0.05) is 43.7 Å². The van der Waals surface area contributed by atoms with Gasteiger partial charge in [-0.25, -0.2) is 23.9 Å². The molecule has 0 radical (unpaired) electrons. The number of rotatable bonds is 14. The molecule has 0 aliphatic carbocycles. The summed E-state index contributed by atoms with van der Waals surface area (Å²) in [5, 5.41) is 5.34. The number of hydrogen-bond acceptors (Lipinski definition) is 11. The molecule has 2 saturated heterocycles. The maximum Gasteiger partial charge on any atom is 0.407 e. The van der Waals surface area contributed by atoms with Gasteiger partial charge in [0.1, 0.15) is 29.5 Å². The fourth-order valence-electron chi connectivity index (χ4n) is 7.60. The van der Waals surface area contributed by atoms with Crippen LogP contribution in [0.5, 0.6) is 0 Å². The number of methoxy groups -OCH3 is 4. The standard InChI is InChI=1S/C41H51FN8O8S/c1-22(55-3)34(47-40(53)57-5)38(51)49-16-8-9-32(49)36-43-19-30(45-36)25-12-10-24(11-13-25)28-15-14-26(17-29(28)42)31-20-44-37(46-31)33-18-27(59-7)21-50(33)39(52)35(23(2)56-4)48-41(54)58-6/h10-15,17,19-20,22-23,27,32-35H,8-9,16,18,21H2,1-7H3,(H,43,45)(H,44,46)(H,47,53)(H,48,54)/t22?,23?,27-,32-,33-,34-,35-/m0/s1. The average molecular weight is 835 g/mol. The smallest absolute Gasteiger partial charge is 0.407 e. The van der Waals surface area contributed by atoms with E-state index in [-0.39, 0.29) is 23.1 Å². The first kappa shape index (κ1) is 43.1. The minimum atomic E-state index is -0.972. The lowest BCUT2D eigenvalue weighted by Gasteiger charge is -2.30. The van der Waals surface area contributed by atoms with E-state index in [1.807, 2.05) is 36.6 Å². The molecule has 6 rings (SSSR count). The predicted octanol–water partition coefficient (Wildman–Crippen LogP) is 5.46. The van der Waals surface area contributed by atoms with Crippen LogP contribution < -0.4 is 10.6 Å². The van der Waals surface area contributed by atoms with Crippen molar-refractivity contribution in [3.05, 3.63) is 72.3 Å². The Bertz CT molecular complexity index is 2110. The third-order valence-corrected chi connectivity index (χ3v) is 12.2. The van der Waals surface area contributed by atoms with E-state index in [9.17, 15) is 19.2 Å². The van der Waals surface area contributed by atoms with Crippen LogP contribution in [0, 0.1) is 5.82 Å². The zero-order valence-corrected chi connectivity index (χ0v) is 34.9. The van der Waals surface area contributed by atoms with Crippen LogP contribution in [0.25, 0.3) is 33.6 Å². The minimum Gasteiger partial charge on any atom is -0.453 e. The van der Waals surface area contributed by atoms with E-state index in [0.717, 1.165) is 17.7 Å². The van der Waals surface area contributed by atoms with Crippen molar-refractivity contribution in [1.29, 1.82) is 0 Å². The number of alkyl carbamates (subject to hydrolysis) is 2. The quantitative estimate of drug-likeness (QED) is 0.126. The summed E-state index contributed by atoms with van der Waals surface area (Å²) in [6, 6.07) is 9.79. The maximum atomic E-state index is 15.8. The first-order chi connectivity index (χ1) is 28.4. The highest BCUT2D eigenvalue weighted by atomic mass is 32.2. The number of carbonyl (C=O) groups excluding carboxylic acids is 4. The highest BCUT2D eigenvalue weighted by Gasteiger charge is 2.42. The molecule has 4 amide bonds. The lowest BCUT2D eigenvalue weighted by molar-refractivity contribution is -0.138. The lowest BCUT2D eigenvalue weighted by atomic mass is 10.0. The fraction of sp³-hybridized carbons (Fsp3) is 0.463. The van der Waals surface area contributed by atoms with Gasteiger partial charge in [-0.2, -0.15) is 11.8 Å². The zero-order valence-electron chi connectivity index (χ0n) is 34.1. The molecule has 7 atom stereocenters. The van der Waals surface area contributed by atoms with Crippen molar-refractivity contribution in [2.24, 2.45) is 0 Å². The SMILES string of the molecule is COC(=O)N[C@H](C(=O)N1CCC[C@H]1c1ncc(-c2ccc(-c3ccc(-c4cnc([C@@H]5C[C@H](SC)CN5C(=O)[C@@H](NC(=O)OC)C(C)OC)[nH]4)cc3F)cc2)[nH]1)C(C)OC. The molecule has 0 saturated carbocycles. The number of nitrogens with one attached hydrogen (secondary N) is 4. The Morgan fingerprint density at radius 1 is 0.780 bits per heavy atom. The van der Waals surface area contributed by atoms with E-state index in [2.05, 4.69) is 30.6 Å². The molecular weight excluding hydrogens is 784 g/mol. The molecule has 4 aromatic rings. The molecule has 4 heterocycles. The minimum absolute atomic E-state index is 0.141. The number of carbonyl (C=O) groups is 4. The van der Waals surface area contributed by atoms with E-state index in [1.165, 1.54) is 34.5 Å². The van der Waals surface area contributed by atoms with Crippen LogP contribution in [0.2, 0.25) is 0 Å². The van der Waals surface area contributed by atoms with Crippen LogP contribution in [0.15, 0.2) is 54.9 Å². The van der Waals surface area contributed by atoms with E-state index in [0.29, 0.717) is 60.0 Å². The van der Waals surface area contributed by atoms with Gasteiger partial charge >= 0.3 is 12.2 Å². The number of H-pyrrole nitrogens is 2. The molecule has 2 fully saturated rings. The highest BCUT2D eigenvalue weighted by Crippen LogP contribution is 2.38. The summed E-state index contributed by atoms with van der Waals surface area (Å²) in [6.45, 7) is 4.36. The first-order valence-electron chi connectivity index (χ1n) is 19.3. The van der Waals surface area contributed by atoms with Gasteiger partial charge in [-0.05, 0) is 56.6 Å². The van der Waals surface area contributed by atoms with Gasteiger partial charge in [-0.3, -0.25) is 9.59 Å². The number of hydrogen-bond donors (Lipinski definition) is 4. The Kier molecular flexibility index (Phi) is 13.9. The number of aromatic nitrogens is 4. The van der Waals surface area contributed by atoms with Crippen LogP contribution in [-0.2, 0) is 28.5 Å². The van der Waals surface area contributed by atoms with Gasteiger partial charge in [0.25, 0.3) is 0 Å². The van der Waals surface area contributed by atoms with Crippen molar-refractivity contribution in [1.82, 2.24) is 40.4 Å². The van der Waals surface area contributed by atoms with Crippen LogP contribution in [0.1, 0.15) is 56.8 Å². The maximum absolute atomic E-state index is 15.8. The number of halogens is 1. The van der Waals surface area contributed by atoms with Gasteiger partial charge in [-0.1, -0.05) is 36.4 Å². The first-order valence-corrected chi connectivity index (χ1v) is 20.6. The summed E-state index contributed by atoms with van der Waals surface area (Å²) >= 11 is 1.65. The summed E-state index contributed by atoms with van der Waals surface area (Å²) in [5.74, 6) is 0.154. The highest BCUT2D eigenvalue weighted by molar-refractivity contribution is 7.99. The fourth-order valence-corrected chi connectivity index (χ4v) is 8.28. The van der Waals surface area contributed by atoms with Crippen molar-refractivity contribution < 1.29 is 42.5 Å². The Balaban J connectivity index is 1.15. The van der Waals surface area contributed by atoms with Crippen molar-refractivity contribution in [3.8, 4) is 33.6 Å². The number of benzene rings is 2. The Morgan fingerprint density at radius 3 is 1.85 bits per heavy atom. The van der Waals surface area contributed by atoms with Gasteiger partial charge in [0.2, 0.25) is 11.8 Å². The average Bonchev–Trinajstić information content (AvgIpc) is 4.10. The number of amides is 4. The summed E-state index contributed by atoms with van der Waals surface area (Å²) in [6.07, 6.45) is 4.77. The van der Waals surface area contributed by atoms with Crippen LogP contribution in [-0.4, -0.2) is 131 Å². The Morgan fingerprint density at radius 2 is 1.31 bits per heavy atom. The van der Waals surface area contributed by atoms with E-state index in [4.69, 9.17) is 18.9 Å². The third-order valence-electron chi connectivity index (χ3n) is 11.2. The Labute approximate surface area is 346 Å². The molecule has 16 nitrogen and oxygen atoms in total. The molecule has 0 spiro atoms. The van der Waals surface area contributed by atoms with Gasteiger partial charge < -0.3 is 49.3 Å². The summed E-state index contributed by atoms with van der Waals surface area (Å²) < 4.78 is 36.1. The van der Waals surface area contributed by atoms with E-state index >= 15 is 4.39 Å². The second-order valence-electron chi connectivity index (χ2n) is 14.5. The second kappa shape index (κ2) is 19.1. The van der Waals surface area contributed by atoms with Crippen LogP contribution >= 0.6 is 11.8 Å². The van der Waals surface area contributed by atoms with Crippen molar-refractivity contribution in [2.75, 3.05) is 47.8 Å². The van der Waals surface area contributed by atoms with E-state index < -0.39 is 48.3 Å². The number of ether oxygens (including phenoxy) is 4. The normalized spacial score (nSPS) is 19.8. The van der Waals surface area contributed by atoms with Gasteiger partial charge in [0.15, 0.2) is 0 Å². The van der Waals surface area contributed by atoms with Crippen molar-refractivity contribution in [3.63, 3.8) is 0 Å². The molecular formula is C41H51FN8O8S. The van der Waals surface area contributed by atoms with Gasteiger partial charge in [0.05, 0.1) is 62.3 Å². The predicted molar refractivity (Wildman–Crippen MR) is 219 cm³/mol. The molecule has 2 aliphatic rings. The van der Waals surface area contributed by atoms with Crippen molar-refractivity contribution in [2.45, 2.75) is 74.7 Å². The molecule has 316 valence electrons. The largest absolute Gasteiger partial charge is 0.453 e. The third kappa shape index (κ3) is 9.39. The van der Waals surface area contributed by atoms with Gasteiger partial charge in [-0.15, -0.1) is 0 Å². The number of thioether (sulfide) groups is 1. The second-order valence-corrected chi connectivity index (χ2v) is 15.7. The number of nitrogens with zero attached hydrogens (tertiary/aromatic N) is 4. The molecule has 2 aromatic carbocycles. The topological polar surface area (TPSA) is 193 Å².